The van der Waals surface area contributed by atoms with Crippen molar-refractivity contribution >= 4 is 56.2 Å². The highest BCUT2D eigenvalue weighted by atomic mass is 79.9. The van der Waals surface area contributed by atoms with E-state index >= 15 is 4.39 Å². The number of anilines is 1. The number of nitrogens with zero attached hydrogens (tertiary/aromatic N) is 6. The quantitative estimate of drug-likeness (QED) is 0.0873. The molecule has 1 saturated heterocycles. The number of carbonyl (C=O) groups is 4. The first-order valence-corrected chi connectivity index (χ1v) is 16.7. The Bertz CT molecular complexity index is 1950. The van der Waals surface area contributed by atoms with E-state index in [0.717, 1.165) is 16.7 Å². The van der Waals surface area contributed by atoms with Crippen LogP contribution in [0.15, 0.2) is 53.9 Å². The average Bonchev–Trinajstić information content (AvgIpc) is 3.61. The number of pyridine rings is 1. The Balaban J connectivity index is 1.45. The molecule has 1 aliphatic rings. The summed E-state index contributed by atoms with van der Waals surface area (Å²) in [5.41, 5.74) is 1.60. The number of unbranched alkanes of at least 4 members (excludes halogenated alkanes) is 1. The maximum atomic E-state index is 16.5. The van der Waals surface area contributed by atoms with Gasteiger partial charge in [0.1, 0.15) is 40.2 Å². The minimum atomic E-state index is -2.08. The highest BCUT2D eigenvalue weighted by Crippen LogP contribution is 2.34. The maximum Gasteiger partial charge on any atom is 0.248 e. The van der Waals surface area contributed by atoms with Crippen LogP contribution < -0.4 is 10.6 Å². The molecule has 14 heteroatoms. The van der Waals surface area contributed by atoms with Gasteiger partial charge in [-0.2, -0.15) is 5.10 Å². The lowest BCUT2D eigenvalue weighted by Crippen LogP contribution is -2.45. The van der Waals surface area contributed by atoms with Crippen molar-refractivity contribution in [2.24, 2.45) is 0 Å². The van der Waals surface area contributed by atoms with Gasteiger partial charge in [0.05, 0.1) is 18.6 Å². The third-order valence-corrected chi connectivity index (χ3v) is 8.94. The van der Waals surface area contributed by atoms with E-state index in [1.165, 1.54) is 16.5 Å². The summed E-state index contributed by atoms with van der Waals surface area (Å²) in [6.45, 7) is 9.28. The van der Waals surface area contributed by atoms with Crippen LogP contribution in [0.1, 0.15) is 60.0 Å². The molecule has 0 bridgehead atoms. The summed E-state index contributed by atoms with van der Waals surface area (Å²) in [7, 11) is 0. The number of alkyl halides is 1. The Kier molecular flexibility index (Phi) is 10.7. The van der Waals surface area contributed by atoms with Crippen LogP contribution in [0.4, 0.5) is 10.2 Å². The van der Waals surface area contributed by atoms with Crippen LogP contribution >= 0.6 is 15.9 Å². The third-order valence-electron chi connectivity index (χ3n) is 8.50. The number of fused-ring (bicyclic) bond motifs is 1. The number of aromatic nitrogens is 5. The Morgan fingerprint density at radius 1 is 1.10 bits per heavy atom. The first-order chi connectivity index (χ1) is 23.3. The molecule has 1 aliphatic heterocycles. The van der Waals surface area contributed by atoms with E-state index in [-0.39, 0.29) is 49.1 Å². The Morgan fingerprint density at radius 3 is 2.53 bits per heavy atom. The van der Waals surface area contributed by atoms with Gasteiger partial charge in [-0.15, -0.1) is 6.58 Å². The zero-order chi connectivity index (χ0) is 35.5. The monoisotopic (exact) mass is 732 g/mol. The highest BCUT2D eigenvalue weighted by molar-refractivity contribution is 9.10. The Labute approximate surface area is 291 Å². The molecule has 0 radical (unpaired) electrons. The van der Waals surface area contributed by atoms with Gasteiger partial charge >= 0.3 is 0 Å². The lowest BCUT2D eigenvalue weighted by molar-refractivity contribution is -0.137. The van der Waals surface area contributed by atoms with E-state index < -0.39 is 30.1 Å². The fourth-order valence-electron chi connectivity index (χ4n) is 5.97. The van der Waals surface area contributed by atoms with Gasteiger partial charge in [-0.25, -0.2) is 19.3 Å². The summed E-state index contributed by atoms with van der Waals surface area (Å²) in [6.07, 6.45) is 6.17. The van der Waals surface area contributed by atoms with E-state index in [0.29, 0.717) is 39.7 Å². The van der Waals surface area contributed by atoms with Crippen molar-refractivity contribution in [1.82, 2.24) is 34.9 Å². The highest BCUT2D eigenvalue weighted by Gasteiger charge is 2.49. The molecule has 4 aromatic rings. The molecule has 3 aromatic heterocycles. The summed E-state index contributed by atoms with van der Waals surface area (Å²) in [5, 5.41) is 10.4. The Hall–Kier alpha value is -4.85. The first-order valence-electron chi connectivity index (χ1n) is 15.9. The van der Waals surface area contributed by atoms with Gasteiger partial charge in [0.25, 0.3) is 0 Å². The van der Waals surface area contributed by atoms with Crippen LogP contribution in [0.3, 0.4) is 0 Å². The second kappa shape index (κ2) is 14.7. The van der Waals surface area contributed by atoms with Crippen molar-refractivity contribution in [2.45, 2.75) is 71.6 Å². The molecule has 3 amide bonds. The van der Waals surface area contributed by atoms with Crippen LogP contribution in [0.25, 0.3) is 22.0 Å². The van der Waals surface area contributed by atoms with Gasteiger partial charge in [-0.3, -0.25) is 23.9 Å². The summed E-state index contributed by atoms with van der Waals surface area (Å²) in [5.74, 6) is -0.925. The van der Waals surface area contributed by atoms with E-state index in [2.05, 4.69) is 53.2 Å². The molecule has 2 N–H and O–H groups in total. The molecule has 4 heterocycles. The summed E-state index contributed by atoms with van der Waals surface area (Å²) >= 11 is 3.30. The number of hydrogen-bond acceptors (Lipinski definition) is 8. The average molecular weight is 734 g/mol. The molecule has 0 unspecified atom stereocenters. The predicted octanol–water partition coefficient (Wildman–Crippen LogP) is 5.20. The molecule has 0 spiro atoms. The minimum Gasteiger partial charge on any atom is -0.353 e. The molecule has 2 atom stereocenters. The van der Waals surface area contributed by atoms with E-state index in [4.69, 9.17) is 0 Å². The summed E-state index contributed by atoms with van der Waals surface area (Å²) in [4.78, 5) is 66.9. The number of nitrogens with one attached hydrogen (secondary N) is 2. The molecular formula is C35H38BrFN8O4. The van der Waals surface area contributed by atoms with Crippen LogP contribution in [-0.2, 0) is 20.9 Å². The number of aryl methyl sites for hydroxylation is 3. The summed E-state index contributed by atoms with van der Waals surface area (Å²) in [6, 6.07) is 5.99. The predicted molar refractivity (Wildman–Crippen MR) is 187 cm³/mol. The molecule has 0 aliphatic carbocycles. The molecule has 256 valence electrons. The molecule has 5 rings (SSSR count). The number of carbonyl (C=O) groups excluding carboxylic acids is 4. The topological polar surface area (TPSA) is 152 Å². The SMILES string of the molecule is C=CCCCC(=O)NC[C@@]1(F)C[C@@H](C(=O)Nc2nc(Br)ccc2C)N(C(=O)Cn2nc(C(C)=O)c3cc(-c4cnc(C)nc4)cc(C)c32)C1. The van der Waals surface area contributed by atoms with Crippen LogP contribution in [0.5, 0.6) is 0 Å². The van der Waals surface area contributed by atoms with Crippen LogP contribution in [-0.4, -0.2) is 77.9 Å². The van der Waals surface area contributed by atoms with Crippen molar-refractivity contribution < 1.29 is 23.6 Å². The van der Waals surface area contributed by atoms with E-state index in [1.807, 2.05) is 19.1 Å². The fourth-order valence-corrected chi connectivity index (χ4v) is 6.28. The zero-order valence-electron chi connectivity index (χ0n) is 27.8. The number of ketones is 1. The standard InChI is InChI=1S/C35H38BrFN8O4/c1-6-7-8-9-29(47)40-18-35(37)14-27(34(49)42-33-20(2)10-11-28(36)41-33)44(19-35)30(48)17-45-32-21(3)12-24(25-15-38-23(5)39-16-25)13-26(32)31(43-45)22(4)46/h6,10-13,15-16,27H,1,7-9,14,17-19H2,2-5H3,(H,40,47)(H,41,42,49)/t27-,35-/m0/s1. The lowest BCUT2D eigenvalue weighted by atomic mass is 10.0. The van der Waals surface area contributed by atoms with Crippen molar-refractivity contribution in [3.8, 4) is 11.1 Å². The van der Waals surface area contributed by atoms with Crippen molar-refractivity contribution in [3.05, 3.63) is 76.6 Å². The fraction of sp³-hybridized carbons (Fsp3) is 0.371. The zero-order valence-corrected chi connectivity index (χ0v) is 29.4. The number of benzene rings is 1. The molecule has 1 aromatic carbocycles. The van der Waals surface area contributed by atoms with Gasteiger partial charge in [0.15, 0.2) is 5.78 Å². The van der Waals surface area contributed by atoms with Gasteiger partial charge in [0, 0.05) is 43.1 Å². The van der Waals surface area contributed by atoms with E-state index in [1.54, 1.807) is 44.4 Å². The Morgan fingerprint density at radius 2 is 1.84 bits per heavy atom. The van der Waals surface area contributed by atoms with Gasteiger partial charge in [-0.1, -0.05) is 12.1 Å². The molecule has 49 heavy (non-hydrogen) atoms. The number of Topliss-reactive ketones (excluding diaryl/α,β-unsaturated/α-hetero) is 1. The second-order valence-corrected chi connectivity index (χ2v) is 13.2. The number of hydrogen-bond donors (Lipinski definition) is 2. The molecule has 1 fully saturated rings. The smallest absolute Gasteiger partial charge is 0.248 e. The second-order valence-electron chi connectivity index (χ2n) is 12.4. The van der Waals surface area contributed by atoms with Crippen molar-refractivity contribution in [1.29, 1.82) is 0 Å². The number of rotatable bonds is 12. The van der Waals surface area contributed by atoms with Crippen LogP contribution in [0.2, 0.25) is 0 Å². The normalized spacial score (nSPS) is 17.3. The largest absolute Gasteiger partial charge is 0.353 e. The maximum absolute atomic E-state index is 16.5. The molecule has 0 saturated carbocycles. The van der Waals surface area contributed by atoms with E-state index in [9.17, 15) is 19.2 Å². The van der Waals surface area contributed by atoms with Crippen molar-refractivity contribution in [3.63, 3.8) is 0 Å². The van der Waals surface area contributed by atoms with Crippen LogP contribution in [0, 0.1) is 20.8 Å². The van der Waals surface area contributed by atoms with Crippen molar-refractivity contribution in [2.75, 3.05) is 18.4 Å². The number of amides is 3. The molecule has 12 nitrogen and oxygen atoms in total. The van der Waals surface area contributed by atoms with Gasteiger partial charge < -0.3 is 15.5 Å². The van der Waals surface area contributed by atoms with Gasteiger partial charge in [0.2, 0.25) is 17.7 Å². The molecular weight excluding hydrogens is 695 g/mol. The number of likely N-dealkylation sites (tertiary alicyclic amines) is 1. The van der Waals surface area contributed by atoms with Gasteiger partial charge in [-0.05, 0) is 84.4 Å². The lowest BCUT2D eigenvalue weighted by Gasteiger charge is -2.24. The third kappa shape index (κ3) is 8.07. The minimum absolute atomic E-state index is 0.173. The first kappa shape index (κ1) is 35.5. The number of halogens is 2. The summed E-state index contributed by atoms with van der Waals surface area (Å²) < 4.78 is 18.4. The number of allylic oxidation sites excluding steroid dienone is 1.